The molecule has 0 spiro atoms. The lowest BCUT2D eigenvalue weighted by atomic mass is 10.2. The van der Waals surface area contributed by atoms with Crippen molar-refractivity contribution in [1.82, 2.24) is 0 Å². The number of sulfonamides is 1. The van der Waals surface area contributed by atoms with Crippen LogP contribution in [-0.4, -0.2) is 25.9 Å². The molecule has 17 heavy (non-hydrogen) atoms. The first-order valence-electron chi connectivity index (χ1n) is 5.33. The highest BCUT2D eigenvalue weighted by atomic mass is 35.5. The summed E-state index contributed by atoms with van der Waals surface area (Å²) < 4.78 is 25.9. The minimum absolute atomic E-state index is 0.000636. The van der Waals surface area contributed by atoms with Gasteiger partial charge < -0.3 is 5.11 Å². The van der Waals surface area contributed by atoms with Crippen LogP contribution < -0.4 is 4.72 Å². The Morgan fingerprint density at radius 3 is 2.65 bits per heavy atom. The molecule has 1 rings (SSSR count). The maximum Gasteiger partial charge on any atom is 0.232 e. The molecule has 2 N–H and O–H groups in total. The summed E-state index contributed by atoms with van der Waals surface area (Å²) in [4.78, 5) is 0. The number of halogens is 1. The highest BCUT2D eigenvalue weighted by molar-refractivity contribution is 7.92. The maximum absolute atomic E-state index is 11.7. The molecular formula is C11H16ClNO3S. The van der Waals surface area contributed by atoms with E-state index in [0.717, 1.165) is 5.56 Å². The SMILES string of the molecule is Cc1cccc(Cl)c1NS(=O)(=O)CCCCO. The topological polar surface area (TPSA) is 66.4 Å². The summed E-state index contributed by atoms with van der Waals surface area (Å²) in [7, 11) is -3.40. The van der Waals surface area contributed by atoms with E-state index in [0.29, 0.717) is 23.6 Å². The number of aryl methyl sites for hydroxylation is 1. The molecule has 4 nitrogen and oxygen atoms in total. The van der Waals surface area contributed by atoms with Crippen LogP contribution in [0.15, 0.2) is 18.2 Å². The van der Waals surface area contributed by atoms with Crippen LogP contribution in [0.25, 0.3) is 0 Å². The lowest BCUT2D eigenvalue weighted by molar-refractivity contribution is 0.287. The van der Waals surface area contributed by atoms with E-state index >= 15 is 0 Å². The molecule has 0 bridgehead atoms. The Balaban J connectivity index is 2.76. The number of hydrogen-bond acceptors (Lipinski definition) is 3. The van der Waals surface area contributed by atoms with Crippen LogP contribution in [-0.2, 0) is 10.0 Å². The Kier molecular flexibility index (Phi) is 5.24. The number of nitrogens with one attached hydrogen (secondary N) is 1. The lowest BCUT2D eigenvalue weighted by Crippen LogP contribution is -2.17. The van der Waals surface area contributed by atoms with Gasteiger partial charge in [-0.1, -0.05) is 23.7 Å². The van der Waals surface area contributed by atoms with E-state index in [1.165, 1.54) is 0 Å². The van der Waals surface area contributed by atoms with Gasteiger partial charge in [-0.2, -0.15) is 0 Å². The first-order chi connectivity index (χ1) is 7.96. The summed E-state index contributed by atoms with van der Waals surface area (Å²) in [6.45, 7) is 1.79. The number of aliphatic hydroxyl groups excluding tert-OH is 1. The van der Waals surface area contributed by atoms with Gasteiger partial charge in [0.05, 0.1) is 16.5 Å². The fraction of sp³-hybridized carbons (Fsp3) is 0.455. The molecule has 0 heterocycles. The molecule has 0 unspecified atom stereocenters. The van der Waals surface area contributed by atoms with E-state index in [9.17, 15) is 8.42 Å². The fourth-order valence-corrected chi connectivity index (χ4v) is 2.96. The van der Waals surface area contributed by atoms with Gasteiger partial charge in [0.1, 0.15) is 0 Å². The Hall–Kier alpha value is -0.780. The third-order valence-corrected chi connectivity index (χ3v) is 3.96. The van der Waals surface area contributed by atoms with E-state index in [1.54, 1.807) is 25.1 Å². The minimum Gasteiger partial charge on any atom is -0.396 e. The molecular weight excluding hydrogens is 262 g/mol. The van der Waals surface area contributed by atoms with E-state index in [4.69, 9.17) is 16.7 Å². The molecule has 0 aliphatic carbocycles. The smallest absolute Gasteiger partial charge is 0.232 e. The van der Waals surface area contributed by atoms with Crippen LogP contribution in [0.1, 0.15) is 18.4 Å². The number of rotatable bonds is 6. The van der Waals surface area contributed by atoms with E-state index in [2.05, 4.69) is 4.72 Å². The Morgan fingerprint density at radius 2 is 2.06 bits per heavy atom. The minimum atomic E-state index is -3.40. The van der Waals surface area contributed by atoms with Crippen LogP contribution in [0.5, 0.6) is 0 Å². The van der Waals surface area contributed by atoms with Crippen LogP contribution in [0.2, 0.25) is 5.02 Å². The zero-order valence-electron chi connectivity index (χ0n) is 9.61. The zero-order valence-corrected chi connectivity index (χ0v) is 11.2. The first-order valence-corrected chi connectivity index (χ1v) is 7.36. The molecule has 6 heteroatoms. The van der Waals surface area contributed by atoms with Gasteiger partial charge in [-0.25, -0.2) is 8.42 Å². The second-order valence-corrected chi connectivity index (χ2v) is 6.03. The van der Waals surface area contributed by atoms with Gasteiger partial charge in [0, 0.05) is 6.61 Å². The number of hydrogen-bond donors (Lipinski definition) is 2. The molecule has 0 radical (unpaired) electrons. The van der Waals surface area contributed by atoms with Crippen molar-refractivity contribution in [1.29, 1.82) is 0 Å². The number of para-hydroxylation sites is 1. The summed E-state index contributed by atoms with van der Waals surface area (Å²) >= 11 is 5.93. The standard InChI is InChI=1S/C11H16ClNO3S/c1-9-5-4-6-10(12)11(9)13-17(15,16)8-3-2-7-14/h4-6,13-14H,2-3,7-8H2,1H3. The number of benzene rings is 1. The van der Waals surface area contributed by atoms with Crippen molar-refractivity contribution in [2.75, 3.05) is 17.1 Å². The third-order valence-electron chi connectivity index (χ3n) is 2.30. The Bertz CT molecular complexity index is 453. The molecule has 0 aromatic heterocycles. The molecule has 0 fully saturated rings. The summed E-state index contributed by atoms with van der Waals surface area (Å²) in [5, 5.41) is 8.99. The number of aliphatic hydroxyl groups is 1. The predicted octanol–water partition coefficient (Wildman–Crippen LogP) is 2.16. The quantitative estimate of drug-likeness (QED) is 0.783. The van der Waals surface area contributed by atoms with Crippen molar-refractivity contribution in [3.8, 4) is 0 Å². The normalized spacial score (nSPS) is 11.5. The average molecular weight is 278 g/mol. The van der Waals surface area contributed by atoms with Crippen LogP contribution in [0.3, 0.4) is 0 Å². The maximum atomic E-state index is 11.7. The largest absolute Gasteiger partial charge is 0.396 e. The van der Waals surface area contributed by atoms with E-state index in [1.807, 2.05) is 0 Å². The van der Waals surface area contributed by atoms with Gasteiger partial charge >= 0.3 is 0 Å². The van der Waals surface area contributed by atoms with Crippen molar-refractivity contribution in [2.45, 2.75) is 19.8 Å². The highest BCUT2D eigenvalue weighted by Crippen LogP contribution is 2.26. The van der Waals surface area contributed by atoms with Gasteiger partial charge in [-0.15, -0.1) is 0 Å². The molecule has 1 aromatic carbocycles. The molecule has 0 saturated heterocycles. The zero-order chi connectivity index (χ0) is 12.9. The molecule has 0 amide bonds. The Labute approximate surface area is 107 Å². The lowest BCUT2D eigenvalue weighted by Gasteiger charge is -2.11. The van der Waals surface area contributed by atoms with Gasteiger partial charge in [-0.3, -0.25) is 4.72 Å². The highest BCUT2D eigenvalue weighted by Gasteiger charge is 2.13. The van der Waals surface area contributed by atoms with Gasteiger partial charge in [-0.05, 0) is 31.4 Å². The van der Waals surface area contributed by atoms with Crippen LogP contribution >= 0.6 is 11.6 Å². The Morgan fingerprint density at radius 1 is 1.35 bits per heavy atom. The molecule has 0 saturated carbocycles. The van der Waals surface area contributed by atoms with Gasteiger partial charge in [0.2, 0.25) is 10.0 Å². The summed E-state index contributed by atoms with van der Waals surface area (Å²) in [5.41, 5.74) is 1.21. The average Bonchev–Trinajstić information content (AvgIpc) is 2.24. The second kappa shape index (κ2) is 6.23. The van der Waals surface area contributed by atoms with Crippen molar-refractivity contribution in [3.05, 3.63) is 28.8 Å². The van der Waals surface area contributed by atoms with E-state index in [-0.39, 0.29) is 12.4 Å². The molecule has 96 valence electrons. The third kappa shape index (κ3) is 4.53. The van der Waals surface area contributed by atoms with Crippen molar-refractivity contribution in [3.63, 3.8) is 0 Å². The van der Waals surface area contributed by atoms with Gasteiger partial charge in [0.25, 0.3) is 0 Å². The van der Waals surface area contributed by atoms with Gasteiger partial charge in [0.15, 0.2) is 0 Å². The number of unbranched alkanes of at least 4 members (excludes halogenated alkanes) is 1. The molecule has 0 atom stereocenters. The summed E-state index contributed by atoms with van der Waals surface area (Å²) in [5.74, 6) is -0.0157. The summed E-state index contributed by atoms with van der Waals surface area (Å²) in [6.07, 6.45) is 0.901. The fourth-order valence-electron chi connectivity index (χ4n) is 1.37. The monoisotopic (exact) mass is 277 g/mol. The van der Waals surface area contributed by atoms with Crippen molar-refractivity contribution in [2.24, 2.45) is 0 Å². The predicted molar refractivity (Wildman–Crippen MR) is 69.9 cm³/mol. The van der Waals surface area contributed by atoms with Crippen LogP contribution in [0.4, 0.5) is 5.69 Å². The van der Waals surface area contributed by atoms with Crippen molar-refractivity contribution < 1.29 is 13.5 Å². The van der Waals surface area contributed by atoms with Crippen molar-refractivity contribution >= 4 is 27.3 Å². The summed E-state index contributed by atoms with van der Waals surface area (Å²) in [6, 6.07) is 5.19. The van der Waals surface area contributed by atoms with E-state index < -0.39 is 10.0 Å². The number of anilines is 1. The molecule has 1 aromatic rings. The second-order valence-electron chi connectivity index (χ2n) is 3.78. The molecule has 0 aliphatic heterocycles. The first kappa shape index (κ1) is 14.3. The molecule has 0 aliphatic rings. The van der Waals surface area contributed by atoms with Crippen LogP contribution in [0, 0.1) is 6.92 Å².